The van der Waals surface area contributed by atoms with Gasteiger partial charge in [-0.2, -0.15) is 0 Å². The van der Waals surface area contributed by atoms with E-state index in [-0.39, 0.29) is 5.54 Å². The Morgan fingerprint density at radius 1 is 1.32 bits per heavy atom. The average Bonchev–Trinajstić information content (AvgIpc) is 2.94. The van der Waals surface area contributed by atoms with E-state index < -0.39 is 0 Å². The molecule has 0 aliphatic carbocycles. The van der Waals surface area contributed by atoms with Crippen molar-refractivity contribution in [3.8, 4) is 5.75 Å². The van der Waals surface area contributed by atoms with Crippen LogP contribution in [0, 0.1) is 11.8 Å². The molecule has 1 N–H and O–H groups in total. The zero-order valence-corrected chi connectivity index (χ0v) is 12.1. The summed E-state index contributed by atoms with van der Waals surface area (Å²) >= 11 is 0. The predicted molar refractivity (Wildman–Crippen MR) is 77.3 cm³/mol. The number of nitrogens with one attached hydrogen (secondary N) is 1. The summed E-state index contributed by atoms with van der Waals surface area (Å²) in [6.07, 6.45) is 0. The van der Waals surface area contributed by atoms with E-state index in [2.05, 4.69) is 42.3 Å². The minimum absolute atomic E-state index is 0.273. The van der Waals surface area contributed by atoms with Gasteiger partial charge in [0.05, 0.1) is 7.11 Å². The summed E-state index contributed by atoms with van der Waals surface area (Å²) in [4.78, 5) is 2.63. The Balaban J connectivity index is 1.80. The molecule has 0 spiro atoms. The van der Waals surface area contributed by atoms with Crippen molar-refractivity contribution in [3.05, 3.63) is 29.8 Å². The fraction of sp³-hybridized carbons (Fsp3) is 0.625. The van der Waals surface area contributed by atoms with Gasteiger partial charge in [-0.15, -0.1) is 0 Å². The monoisotopic (exact) mass is 260 g/mol. The molecule has 19 heavy (non-hydrogen) atoms. The van der Waals surface area contributed by atoms with Gasteiger partial charge in [0.15, 0.2) is 0 Å². The molecule has 104 valence electrons. The third-order valence-electron chi connectivity index (χ3n) is 5.07. The molecule has 2 atom stereocenters. The Morgan fingerprint density at radius 3 is 2.84 bits per heavy atom. The normalized spacial score (nSPS) is 29.4. The molecule has 2 heterocycles. The number of hydrogen-bond donors (Lipinski definition) is 1. The number of hydrogen-bond acceptors (Lipinski definition) is 3. The number of rotatable bonds is 3. The molecule has 0 amide bonds. The number of benzene rings is 1. The van der Waals surface area contributed by atoms with E-state index in [9.17, 15) is 0 Å². The summed E-state index contributed by atoms with van der Waals surface area (Å²) in [6, 6.07) is 8.38. The van der Waals surface area contributed by atoms with E-state index in [0.717, 1.165) is 24.1 Å². The van der Waals surface area contributed by atoms with Crippen molar-refractivity contribution in [2.75, 3.05) is 26.7 Å². The Kier molecular flexibility index (Phi) is 3.27. The zero-order chi connectivity index (χ0) is 13.5. The van der Waals surface area contributed by atoms with Crippen molar-refractivity contribution >= 4 is 0 Å². The Bertz CT molecular complexity index is 458. The second-order valence-electron chi connectivity index (χ2n) is 6.37. The first-order valence-electron chi connectivity index (χ1n) is 7.20. The topological polar surface area (TPSA) is 24.5 Å². The lowest BCUT2D eigenvalue weighted by atomic mass is 9.85. The maximum absolute atomic E-state index is 5.48. The smallest absolute Gasteiger partial charge is 0.123 e. The number of para-hydroxylation sites is 1. The second-order valence-corrected chi connectivity index (χ2v) is 6.37. The molecule has 2 fully saturated rings. The molecule has 0 saturated carbocycles. The van der Waals surface area contributed by atoms with Crippen LogP contribution in [0.2, 0.25) is 0 Å². The molecule has 2 saturated heterocycles. The van der Waals surface area contributed by atoms with Crippen molar-refractivity contribution in [3.63, 3.8) is 0 Å². The van der Waals surface area contributed by atoms with E-state index >= 15 is 0 Å². The molecule has 0 aromatic heterocycles. The summed E-state index contributed by atoms with van der Waals surface area (Å²) in [5, 5.41) is 3.54. The molecular formula is C16H24N2O. The molecule has 2 aliphatic heterocycles. The minimum atomic E-state index is 0.273. The van der Waals surface area contributed by atoms with Gasteiger partial charge in [0.1, 0.15) is 5.75 Å². The third-order valence-corrected chi connectivity index (χ3v) is 5.07. The van der Waals surface area contributed by atoms with E-state index in [1.54, 1.807) is 7.11 Å². The first-order chi connectivity index (χ1) is 9.13. The van der Waals surface area contributed by atoms with Gasteiger partial charge in [0.25, 0.3) is 0 Å². The lowest BCUT2D eigenvalue weighted by Gasteiger charge is -2.36. The van der Waals surface area contributed by atoms with Crippen molar-refractivity contribution in [1.82, 2.24) is 10.2 Å². The Morgan fingerprint density at radius 2 is 2.11 bits per heavy atom. The molecule has 3 heteroatoms. The molecule has 1 aromatic carbocycles. The van der Waals surface area contributed by atoms with Crippen LogP contribution in [0.3, 0.4) is 0 Å². The standard InChI is InChI=1S/C16H24N2O/c1-16(2)14-9-17-8-13(14)11-18(16)10-12-6-4-5-7-15(12)19-3/h4-7,13-14,17H,8-11H2,1-3H3. The average molecular weight is 260 g/mol. The lowest BCUT2D eigenvalue weighted by Crippen LogP contribution is -2.43. The first kappa shape index (κ1) is 12.9. The van der Waals surface area contributed by atoms with Crippen molar-refractivity contribution in [2.45, 2.75) is 25.9 Å². The molecule has 0 bridgehead atoms. The maximum Gasteiger partial charge on any atom is 0.123 e. The molecule has 3 rings (SSSR count). The molecule has 2 aliphatic rings. The Hall–Kier alpha value is -1.06. The van der Waals surface area contributed by atoms with Gasteiger partial charge in [0.2, 0.25) is 0 Å². The lowest BCUT2D eigenvalue weighted by molar-refractivity contribution is 0.131. The van der Waals surface area contributed by atoms with Crippen molar-refractivity contribution in [1.29, 1.82) is 0 Å². The number of methoxy groups -OCH3 is 1. The number of likely N-dealkylation sites (tertiary alicyclic amines) is 1. The van der Waals surface area contributed by atoms with Gasteiger partial charge >= 0.3 is 0 Å². The van der Waals surface area contributed by atoms with Crippen LogP contribution in [0.25, 0.3) is 0 Å². The molecule has 2 unspecified atom stereocenters. The highest BCUT2D eigenvalue weighted by atomic mass is 16.5. The van der Waals surface area contributed by atoms with E-state index in [1.807, 2.05) is 6.07 Å². The van der Waals surface area contributed by atoms with Gasteiger partial charge in [-0.1, -0.05) is 18.2 Å². The minimum Gasteiger partial charge on any atom is -0.496 e. The highest BCUT2D eigenvalue weighted by molar-refractivity contribution is 5.33. The third kappa shape index (κ3) is 2.15. The van der Waals surface area contributed by atoms with Crippen LogP contribution in [0.1, 0.15) is 19.4 Å². The van der Waals surface area contributed by atoms with Crippen LogP contribution in [0.4, 0.5) is 0 Å². The summed E-state index contributed by atoms with van der Waals surface area (Å²) in [5.74, 6) is 2.60. The summed E-state index contributed by atoms with van der Waals surface area (Å²) in [6.45, 7) is 9.31. The number of ether oxygens (including phenoxy) is 1. The highest BCUT2D eigenvalue weighted by Gasteiger charge is 2.49. The van der Waals surface area contributed by atoms with Crippen molar-refractivity contribution in [2.24, 2.45) is 11.8 Å². The van der Waals surface area contributed by atoms with Crippen molar-refractivity contribution < 1.29 is 4.74 Å². The molecule has 0 radical (unpaired) electrons. The first-order valence-corrected chi connectivity index (χ1v) is 7.20. The summed E-state index contributed by atoms with van der Waals surface area (Å²) in [5.41, 5.74) is 1.57. The number of nitrogens with zero attached hydrogens (tertiary/aromatic N) is 1. The second kappa shape index (κ2) is 4.80. The zero-order valence-electron chi connectivity index (χ0n) is 12.1. The quantitative estimate of drug-likeness (QED) is 0.901. The van der Waals surface area contributed by atoms with Gasteiger partial charge in [0, 0.05) is 30.7 Å². The van der Waals surface area contributed by atoms with Crippen LogP contribution in [-0.2, 0) is 6.54 Å². The SMILES string of the molecule is COc1ccccc1CN1CC2CNCC2C1(C)C. The largest absolute Gasteiger partial charge is 0.496 e. The number of fused-ring (bicyclic) bond motifs is 1. The van der Waals surface area contributed by atoms with E-state index in [0.29, 0.717) is 0 Å². The van der Waals surface area contributed by atoms with E-state index in [1.165, 1.54) is 25.2 Å². The van der Waals surface area contributed by atoms with Crippen LogP contribution >= 0.6 is 0 Å². The highest BCUT2D eigenvalue weighted by Crippen LogP contribution is 2.41. The van der Waals surface area contributed by atoms with Crippen LogP contribution in [-0.4, -0.2) is 37.2 Å². The molecule has 3 nitrogen and oxygen atoms in total. The van der Waals surface area contributed by atoms with Crippen LogP contribution < -0.4 is 10.1 Å². The van der Waals surface area contributed by atoms with Gasteiger partial charge in [-0.05, 0) is 38.3 Å². The fourth-order valence-electron chi connectivity index (χ4n) is 3.81. The summed E-state index contributed by atoms with van der Waals surface area (Å²) < 4.78 is 5.48. The van der Waals surface area contributed by atoms with Crippen LogP contribution in [0.5, 0.6) is 5.75 Å². The van der Waals surface area contributed by atoms with Crippen LogP contribution in [0.15, 0.2) is 24.3 Å². The Labute approximate surface area is 115 Å². The maximum atomic E-state index is 5.48. The fourth-order valence-corrected chi connectivity index (χ4v) is 3.81. The molecular weight excluding hydrogens is 236 g/mol. The predicted octanol–water partition coefficient (Wildman–Crippen LogP) is 2.12. The van der Waals surface area contributed by atoms with Gasteiger partial charge in [-0.25, -0.2) is 0 Å². The van der Waals surface area contributed by atoms with Gasteiger partial charge in [-0.3, -0.25) is 4.90 Å². The van der Waals surface area contributed by atoms with Gasteiger partial charge < -0.3 is 10.1 Å². The molecule has 1 aromatic rings. The van der Waals surface area contributed by atoms with E-state index in [4.69, 9.17) is 4.74 Å². The summed E-state index contributed by atoms with van der Waals surface area (Å²) in [7, 11) is 1.76.